The van der Waals surface area contributed by atoms with Gasteiger partial charge in [0.15, 0.2) is 0 Å². The second-order valence-corrected chi connectivity index (χ2v) is 11.9. The Morgan fingerprint density at radius 3 is 2.27 bits per heavy atom. The van der Waals surface area contributed by atoms with E-state index in [-0.39, 0.29) is 57.7 Å². The van der Waals surface area contributed by atoms with Crippen molar-refractivity contribution >= 4 is 17.5 Å². The second kappa shape index (κ2) is 14.5. The van der Waals surface area contributed by atoms with E-state index in [0.717, 1.165) is 47.2 Å². The largest absolute Gasteiger partial charge is 0.495 e. The number of aliphatic hydroxyl groups is 1. The number of alkyl halides is 6. The van der Waals surface area contributed by atoms with Crippen molar-refractivity contribution in [1.29, 1.82) is 0 Å². The number of amides is 2. The lowest BCUT2D eigenvalue weighted by Gasteiger charge is -2.51. The van der Waals surface area contributed by atoms with Crippen LogP contribution in [0.15, 0.2) is 67.0 Å². The third-order valence-corrected chi connectivity index (χ3v) is 8.95. The van der Waals surface area contributed by atoms with Crippen molar-refractivity contribution < 1.29 is 50.5 Å². The molecular formula is C34H36F6N4O5. The highest BCUT2D eigenvalue weighted by atomic mass is 19.4. The number of benzene rings is 2. The third-order valence-electron chi connectivity index (χ3n) is 8.95. The lowest BCUT2D eigenvalue weighted by atomic mass is 9.79. The Hall–Kier alpha value is -4.53. The maximum atomic E-state index is 14.8. The van der Waals surface area contributed by atoms with Crippen molar-refractivity contribution in [3.63, 3.8) is 0 Å². The maximum absolute atomic E-state index is 14.8. The molecule has 1 aromatic heterocycles. The summed E-state index contributed by atoms with van der Waals surface area (Å²) < 4.78 is 94.0. The van der Waals surface area contributed by atoms with E-state index in [2.05, 4.69) is 4.98 Å². The molecule has 2 fully saturated rings. The predicted octanol–water partition coefficient (Wildman–Crippen LogP) is 5.67. The zero-order valence-corrected chi connectivity index (χ0v) is 26.6. The van der Waals surface area contributed by atoms with Gasteiger partial charge in [0.1, 0.15) is 11.5 Å². The smallest absolute Gasteiger partial charge is 0.417 e. The van der Waals surface area contributed by atoms with Crippen LogP contribution in [0.25, 0.3) is 0 Å². The number of aliphatic hydroxyl groups excluding tert-OH is 1. The van der Waals surface area contributed by atoms with Gasteiger partial charge in [0.25, 0.3) is 11.8 Å². The Balaban J connectivity index is 1.54. The highest BCUT2D eigenvalue weighted by molar-refractivity contribution is 5.97. The van der Waals surface area contributed by atoms with Crippen LogP contribution in [0.3, 0.4) is 0 Å². The van der Waals surface area contributed by atoms with E-state index >= 15 is 0 Å². The van der Waals surface area contributed by atoms with Crippen molar-refractivity contribution in [1.82, 2.24) is 14.8 Å². The Labute approximate surface area is 279 Å². The van der Waals surface area contributed by atoms with Gasteiger partial charge in [0.05, 0.1) is 35.5 Å². The highest BCUT2D eigenvalue weighted by Crippen LogP contribution is 2.41. The zero-order valence-electron chi connectivity index (χ0n) is 26.6. The summed E-state index contributed by atoms with van der Waals surface area (Å²) in [5.41, 5.74) is -3.95. The van der Waals surface area contributed by atoms with E-state index < -0.39 is 52.5 Å². The minimum Gasteiger partial charge on any atom is -0.495 e. The number of halogens is 6. The molecule has 3 heterocycles. The first-order valence-electron chi connectivity index (χ1n) is 15.8. The molecule has 0 aliphatic carbocycles. The van der Waals surface area contributed by atoms with E-state index in [1.807, 2.05) is 29.2 Å². The lowest BCUT2D eigenvalue weighted by Crippen LogP contribution is -2.69. The molecule has 2 saturated heterocycles. The molecule has 49 heavy (non-hydrogen) atoms. The Bertz CT molecular complexity index is 1610. The first-order chi connectivity index (χ1) is 23.3. The predicted molar refractivity (Wildman–Crippen MR) is 166 cm³/mol. The molecule has 2 aromatic carbocycles. The summed E-state index contributed by atoms with van der Waals surface area (Å²) in [6.07, 6.45) is -7.61. The minimum atomic E-state index is -4.88. The van der Waals surface area contributed by atoms with Crippen LogP contribution in [-0.4, -0.2) is 89.8 Å². The first-order valence-corrected chi connectivity index (χ1v) is 15.8. The van der Waals surface area contributed by atoms with Gasteiger partial charge < -0.3 is 29.3 Å². The number of anilines is 1. The van der Waals surface area contributed by atoms with Gasteiger partial charge in [0, 0.05) is 58.1 Å². The number of aromatic nitrogens is 1. The molecule has 0 spiro atoms. The van der Waals surface area contributed by atoms with Gasteiger partial charge in [-0.3, -0.25) is 14.6 Å². The fourth-order valence-electron chi connectivity index (χ4n) is 6.61. The first kappa shape index (κ1) is 35.8. The van der Waals surface area contributed by atoms with Gasteiger partial charge in [-0.25, -0.2) is 0 Å². The number of para-hydroxylation sites is 2. The van der Waals surface area contributed by atoms with Crippen LogP contribution < -0.4 is 14.4 Å². The van der Waals surface area contributed by atoms with Crippen molar-refractivity contribution in [3.8, 4) is 11.5 Å². The van der Waals surface area contributed by atoms with Gasteiger partial charge in [-0.05, 0) is 61.7 Å². The zero-order chi connectivity index (χ0) is 35.4. The molecule has 264 valence electrons. The van der Waals surface area contributed by atoms with E-state index in [1.54, 1.807) is 12.0 Å². The van der Waals surface area contributed by atoms with Gasteiger partial charge in [-0.2, -0.15) is 26.3 Å². The molecule has 0 saturated carbocycles. The summed E-state index contributed by atoms with van der Waals surface area (Å²) in [6.45, 7) is 0.788. The fourth-order valence-corrected chi connectivity index (χ4v) is 6.61. The Kier molecular flexibility index (Phi) is 10.6. The van der Waals surface area contributed by atoms with Gasteiger partial charge >= 0.3 is 12.4 Å². The standard InChI is InChI=1S/C34H36F6N4O5/c1-48-28-7-3-2-6-27(28)42-17-19-43(20-18-42)31(47)32(49-24-11-9-23(10-12-24)33(35,36)37)14-5-16-44(29(32)8-4-21-45)30(46)25-22-41-15-13-26(25)34(38,39)40/h2-3,6-7,9-13,15,22,29,45H,4-5,8,14,16-21H2,1H3. The van der Waals surface area contributed by atoms with Crippen LogP contribution in [0.2, 0.25) is 0 Å². The summed E-state index contributed by atoms with van der Waals surface area (Å²) in [5, 5.41) is 9.80. The summed E-state index contributed by atoms with van der Waals surface area (Å²) in [7, 11) is 1.55. The van der Waals surface area contributed by atoms with Crippen LogP contribution in [-0.2, 0) is 17.1 Å². The number of hydrogen-bond acceptors (Lipinski definition) is 7. The molecule has 15 heteroatoms. The Morgan fingerprint density at radius 1 is 0.939 bits per heavy atom. The average molecular weight is 695 g/mol. The highest BCUT2D eigenvalue weighted by Gasteiger charge is 2.56. The minimum absolute atomic E-state index is 0.0125. The number of nitrogens with zero attached hydrogens (tertiary/aromatic N) is 4. The van der Waals surface area contributed by atoms with Crippen LogP contribution >= 0.6 is 0 Å². The molecule has 2 atom stereocenters. The molecule has 1 N–H and O–H groups in total. The number of hydrogen-bond donors (Lipinski definition) is 1. The summed E-state index contributed by atoms with van der Waals surface area (Å²) in [4.78, 5) is 37.2. The number of methoxy groups -OCH3 is 1. The molecule has 2 aliphatic rings. The van der Waals surface area contributed by atoms with Gasteiger partial charge in [-0.1, -0.05) is 12.1 Å². The van der Waals surface area contributed by atoms with Crippen molar-refractivity contribution in [2.45, 2.75) is 49.7 Å². The number of carbonyl (C=O) groups is 2. The average Bonchev–Trinajstić information content (AvgIpc) is 3.10. The molecule has 3 aromatic rings. The summed E-state index contributed by atoms with van der Waals surface area (Å²) in [5.74, 6) is -1.04. The molecular weight excluding hydrogens is 658 g/mol. The topological polar surface area (TPSA) is 95.4 Å². The van der Waals surface area contributed by atoms with Crippen molar-refractivity contribution in [2.75, 3.05) is 51.3 Å². The number of piperidine rings is 1. The van der Waals surface area contributed by atoms with Gasteiger partial charge in [-0.15, -0.1) is 0 Å². The van der Waals surface area contributed by atoms with Gasteiger partial charge in [0.2, 0.25) is 5.60 Å². The van der Waals surface area contributed by atoms with Crippen LogP contribution in [0.5, 0.6) is 11.5 Å². The van der Waals surface area contributed by atoms with Crippen molar-refractivity contribution in [2.24, 2.45) is 0 Å². The monoisotopic (exact) mass is 694 g/mol. The molecule has 2 unspecified atom stereocenters. The van der Waals surface area contributed by atoms with Crippen LogP contribution in [0.4, 0.5) is 32.0 Å². The normalized spacial score (nSPS) is 20.2. The van der Waals surface area contributed by atoms with E-state index in [0.29, 0.717) is 24.9 Å². The number of likely N-dealkylation sites (tertiary alicyclic amines) is 1. The number of pyridine rings is 1. The fraction of sp³-hybridized carbons (Fsp3) is 0.441. The van der Waals surface area contributed by atoms with Crippen molar-refractivity contribution in [3.05, 3.63) is 83.7 Å². The maximum Gasteiger partial charge on any atom is 0.417 e. The molecule has 0 bridgehead atoms. The third kappa shape index (κ3) is 7.56. The number of carbonyl (C=O) groups excluding carboxylic acids is 2. The molecule has 2 amide bonds. The summed E-state index contributed by atoms with van der Waals surface area (Å²) >= 11 is 0. The molecule has 9 nitrogen and oxygen atoms in total. The van der Waals surface area contributed by atoms with E-state index in [4.69, 9.17) is 9.47 Å². The Morgan fingerprint density at radius 2 is 1.63 bits per heavy atom. The summed E-state index contributed by atoms with van der Waals surface area (Å²) in [6, 6.07) is 10.6. The second-order valence-electron chi connectivity index (χ2n) is 11.9. The van der Waals surface area contributed by atoms with Crippen LogP contribution in [0.1, 0.15) is 47.2 Å². The van der Waals surface area contributed by atoms with E-state index in [9.17, 15) is 41.0 Å². The molecule has 0 radical (unpaired) electrons. The number of ether oxygens (including phenoxy) is 2. The number of rotatable bonds is 9. The van der Waals surface area contributed by atoms with E-state index in [1.165, 1.54) is 0 Å². The number of piperazine rings is 1. The quantitative estimate of drug-likeness (QED) is 0.289. The van der Waals surface area contributed by atoms with Crippen LogP contribution in [0, 0.1) is 0 Å². The molecule has 2 aliphatic heterocycles. The SMILES string of the molecule is COc1ccccc1N1CCN(C(=O)C2(Oc3ccc(C(F)(F)F)cc3)CCCN(C(=O)c3cnccc3C(F)(F)F)C2CCCO)CC1. The molecule has 5 rings (SSSR count). The lowest BCUT2D eigenvalue weighted by molar-refractivity contribution is -0.160.